The van der Waals surface area contributed by atoms with E-state index in [-0.39, 0.29) is 11.3 Å². The van der Waals surface area contributed by atoms with Gasteiger partial charge in [-0.3, -0.25) is 4.79 Å². The summed E-state index contributed by atoms with van der Waals surface area (Å²) in [6, 6.07) is 8.23. The van der Waals surface area contributed by atoms with Crippen molar-refractivity contribution in [1.82, 2.24) is 5.32 Å². The topological polar surface area (TPSA) is 64.4 Å². The van der Waals surface area contributed by atoms with E-state index in [4.69, 9.17) is 10.5 Å². The maximum absolute atomic E-state index is 12.6. The van der Waals surface area contributed by atoms with Crippen LogP contribution in [0.15, 0.2) is 28.7 Å². The van der Waals surface area contributed by atoms with Crippen molar-refractivity contribution < 1.29 is 9.53 Å². The SMILES string of the molecule is CC(C)(CNC(=O)C1(CN)CCOCC1)c1ccc(Br)cc1. The number of benzene rings is 1. The van der Waals surface area contributed by atoms with Gasteiger partial charge in [-0.25, -0.2) is 0 Å². The number of rotatable bonds is 5. The third-order valence-electron chi connectivity index (χ3n) is 4.64. The Kier molecular flexibility index (Phi) is 5.64. The van der Waals surface area contributed by atoms with Crippen molar-refractivity contribution >= 4 is 21.8 Å². The second-order valence-electron chi connectivity index (χ2n) is 6.67. The van der Waals surface area contributed by atoms with Crippen molar-refractivity contribution in [2.24, 2.45) is 11.1 Å². The molecule has 0 spiro atoms. The number of hydrogen-bond donors (Lipinski definition) is 2. The standard InChI is InChI=1S/C17H25BrN2O2/c1-16(2,13-3-5-14(18)6-4-13)12-20-15(21)17(11-19)7-9-22-10-8-17/h3-6H,7-12,19H2,1-2H3,(H,20,21). The van der Waals surface area contributed by atoms with E-state index in [2.05, 4.69) is 47.2 Å². The lowest BCUT2D eigenvalue weighted by Gasteiger charge is -2.36. The third kappa shape index (κ3) is 3.89. The maximum Gasteiger partial charge on any atom is 0.227 e. The lowest BCUT2D eigenvalue weighted by Crippen LogP contribution is -2.51. The smallest absolute Gasteiger partial charge is 0.227 e. The highest BCUT2D eigenvalue weighted by Gasteiger charge is 2.39. The number of nitrogens with two attached hydrogens (primary N) is 1. The molecule has 1 aliphatic heterocycles. The predicted octanol–water partition coefficient (Wildman–Crippen LogP) is 2.60. The normalized spacial score (nSPS) is 18.0. The molecular weight excluding hydrogens is 344 g/mol. The highest BCUT2D eigenvalue weighted by Crippen LogP contribution is 2.30. The number of amides is 1. The summed E-state index contributed by atoms with van der Waals surface area (Å²) >= 11 is 3.45. The first-order valence-corrected chi connectivity index (χ1v) is 8.51. The average Bonchev–Trinajstić information content (AvgIpc) is 2.53. The number of halogens is 1. The highest BCUT2D eigenvalue weighted by atomic mass is 79.9. The van der Waals surface area contributed by atoms with Crippen LogP contribution in [0.2, 0.25) is 0 Å². The first-order valence-electron chi connectivity index (χ1n) is 7.72. The van der Waals surface area contributed by atoms with E-state index in [1.165, 1.54) is 5.56 Å². The molecule has 2 rings (SSSR count). The summed E-state index contributed by atoms with van der Waals surface area (Å²) in [6.07, 6.45) is 1.40. The average molecular weight is 369 g/mol. The molecule has 4 nitrogen and oxygen atoms in total. The van der Waals surface area contributed by atoms with E-state index in [0.29, 0.717) is 39.1 Å². The van der Waals surface area contributed by atoms with Crippen LogP contribution in [0.4, 0.5) is 0 Å². The Bertz CT molecular complexity index is 508. The van der Waals surface area contributed by atoms with Gasteiger partial charge >= 0.3 is 0 Å². The Balaban J connectivity index is 2.01. The molecule has 1 aromatic carbocycles. The molecule has 1 fully saturated rings. The zero-order valence-corrected chi connectivity index (χ0v) is 14.9. The largest absolute Gasteiger partial charge is 0.381 e. The zero-order chi connectivity index (χ0) is 16.2. The molecule has 122 valence electrons. The molecule has 0 atom stereocenters. The fraction of sp³-hybridized carbons (Fsp3) is 0.588. The summed E-state index contributed by atoms with van der Waals surface area (Å²) in [4.78, 5) is 12.6. The molecule has 1 saturated heterocycles. The lowest BCUT2D eigenvalue weighted by molar-refractivity contribution is -0.136. The molecule has 1 aromatic rings. The molecule has 0 aliphatic carbocycles. The van der Waals surface area contributed by atoms with Gasteiger partial charge in [0.05, 0.1) is 5.41 Å². The van der Waals surface area contributed by atoms with Crippen molar-refractivity contribution in [3.63, 3.8) is 0 Å². The Morgan fingerprint density at radius 2 is 1.91 bits per heavy atom. The predicted molar refractivity (Wildman–Crippen MR) is 91.7 cm³/mol. The van der Waals surface area contributed by atoms with Crippen molar-refractivity contribution in [1.29, 1.82) is 0 Å². The van der Waals surface area contributed by atoms with Gasteiger partial charge in [-0.2, -0.15) is 0 Å². The molecule has 22 heavy (non-hydrogen) atoms. The van der Waals surface area contributed by atoms with Crippen LogP contribution >= 0.6 is 15.9 Å². The Hall–Kier alpha value is -0.910. The number of hydrogen-bond acceptors (Lipinski definition) is 3. The molecular formula is C17H25BrN2O2. The minimum atomic E-state index is -0.464. The summed E-state index contributed by atoms with van der Waals surface area (Å²) in [5, 5.41) is 3.11. The minimum absolute atomic E-state index is 0.0588. The summed E-state index contributed by atoms with van der Waals surface area (Å²) in [7, 11) is 0. The van der Waals surface area contributed by atoms with Gasteiger partial charge in [-0.15, -0.1) is 0 Å². The first-order chi connectivity index (χ1) is 10.4. The van der Waals surface area contributed by atoms with Gasteiger partial charge in [0.25, 0.3) is 0 Å². The van der Waals surface area contributed by atoms with Crippen LogP contribution in [-0.4, -0.2) is 32.2 Å². The minimum Gasteiger partial charge on any atom is -0.381 e. The highest BCUT2D eigenvalue weighted by molar-refractivity contribution is 9.10. The van der Waals surface area contributed by atoms with E-state index in [9.17, 15) is 4.79 Å². The summed E-state index contributed by atoms with van der Waals surface area (Å²) < 4.78 is 6.42. The Morgan fingerprint density at radius 1 is 1.32 bits per heavy atom. The maximum atomic E-state index is 12.6. The Morgan fingerprint density at radius 3 is 2.45 bits per heavy atom. The molecule has 0 radical (unpaired) electrons. The van der Waals surface area contributed by atoms with Crippen molar-refractivity contribution in [2.45, 2.75) is 32.1 Å². The molecule has 3 N–H and O–H groups in total. The van der Waals surface area contributed by atoms with Gasteiger partial charge in [-0.05, 0) is 30.5 Å². The van der Waals surface area contributed by atoms with E-state index in [1.54, 1.807) is 0 Å². The van der Waals surface area contributed by atoms with Crippen molar-refractivity contribution in [3.05, 3.63) is 34.3 Å². The molecule has 1 heterocycles. The van der Waals surface area contributed by atoms with Gasteiger partial charge in [0.2, 0.25) is 5.91 Å². The number of nitrogens with one attached hydrogen (secondary N) is 1. The van der Waals surface area contributed by atoms with E-state index >= 15 is 0 Å². The van der Waals surface area contributed by atoms with Crippen LogP contribution in [0.1, 0.15) is 32.3 Å². The molecule has 0 aromatic heterocycles. The van der Waals surface area contributed by atoms with Crippen LogP contribution in [0.3, 0.4) is 0 Å². The summed E-state index contributed by atoms with van der Waals surface area (Å²) in [5.41, 5.74) is 6.49. The quantitative estimate of drug-likeness (QED) is 0.839. The number of ether oxygens (including phenoxy) is 1. The molecule has 0 saturated carbocycles. The van der Waals surface area contributed by atoms with Crippen LogP contribution in [0.5, 0.6) is 0 Å². The van der Waals surface area contributed by atoms with Crippen molar-refractivity contribution in [3.8, 4) is 0 Å². The van der Waals surface area contributed by atoms with Gasteiger partial charge in [0, 0.05) is 36.2 Å². The number of carbonyl (C=O) groups is 1. The fourth-order valence-electron chi connectivity index (χ4n) is 2.78. The lowest BCUT2D eigenvalue weighted by atomic mass is 9.78. The summed E-state index contributed by atoms with van der Waals surface area (Å²) in [6.45, 7) is 6.46. The fourth-order valence-corrected chi connectivity index (χ4v) is 3.04. The van der Waals surface area contributed by atoms with Gasteiger partial charge in [0.15, 0.2) is 0 Å². The zero-order valence-electron chi connectivity index (χ0n) is 13.3. The van der Waals surface area contributed by atoms with Gasteiger partial charge < -0.3 is 15.8 Å². The third-order valence-corrected chi connectivity index (χ3v) is 5.17. The van der Waals surface area contributed by atoms with Crippen LogP contribution < -0.4 is 11.1 Å². The van der Waals surface area contributed by atoms with E-state index < -0.39 is 5.41 Å². The second-order valence-corrected chi connectivity index (χ2v) is 7.59. The number of carbonyl (C=O) groups excluding carboxylic acids is 1. The molecule has 0 bridgehead atoms. The molecule has 5 heteroatoms. The first kappa shape index (κ1) is 17.4. The van der Waals surface area contributed by atoms with Gasteiger partial charge in [-0.1, -0.05) is 41.9 Å². The van der Waals surface area contributed by atoms with E-state index in [1.807, 2.05) is 12.1 Å². The van der Waals surface area contributed by atoms with Gasteiger partial charge in [0.1, 0.15) is 0 Å². The Labute approximate surface area is 140 Å². The molecule has 1 aliphatic rings. The van der Waals surface area contributed by atoms with Crippen molar-refractivity contribution in [2.75, 3.05) is 26.3 Å². The summed E-state index contributed by atoms with van der Waals surface area (Å²) in [5.74, 6) is 0.0588. The monoisotopic (exact) mass is 368 g/mol. The molecule has 0 unspecified atom stereocenters. The van der Waals surface area contributed by atoms with Crippen LogP contribution in [-0.2, 0) is 14.9 Å². The second kappa shape index (κ2) is 7.11. The molecule has 1 amide bonds. The van der Waals surface area contributed by atoms with E-state index in [0.717, 1.165) is 4.47 Å². The van der Waals surface area contributed by atoms with Crippen LogP contribution in [0, 0.1) is 5.41 Å². The van der Waals surface area contributed by atoms with Crippen LogP contribution in [0.25, 0.3) is 0 Å².